The molecule has 0 rings (SSSR count). The van der Waals surface area contributed by atoms with Crippen molar-refractivity contribution >= 4 is 50.3 Å². The number of allylic oxidation sites excluding steroid dienone is 2. The first-order valence-electron chi connectivity index (χ1n) is 20.4. The lowest BCUT2D eigenvalue weighted by atomic mass is 9.84. The SMILES string of the molecule is C=CC(=C)CCC(COC(=O)C=C)(COC(=O)CC)COC(=O)CCN(CCC[Si](C)(OCC)OCC)CCC(=O)OCC(COC(=O)C=C)(COC(=O)C=C)COC(=O)C=C. The lowest BCUT2D eigenvalue weighted by Gasteiger charge is -2.32. The van der Waals surface area contributed by atoms with Gasteiger partial charge in [-0.1, -0.05) is 58.0 Å². The maximum atomic E-state index is 13.4. The van der Waals surface area contributed by atoms with Gasteiger partial charge < -0.3 is 46.9 Å². The minimum Gasteiger partial charge on any atom is -0.465 e. The van der Waals surface area contributed by atoms with E-state index in [4.69, 9.17) is 42.0 Å². The second kappa shape index (κ2) is 31.6. The van der Waals surface area contributed by atoms with Gasteiger partial charge in [0.1, 0.15) is 51.7 Å². The van der Waals surface area contributed by atoms with Crippen molar-refractivity contribution in [2.45, 2.75) is 71.9 Å². The van der Waals surface area contributed by atoms with Crippen LogP contribution in [0.3, 0.4) is 0 Å². The van der Waals surface area contributed by atoms with Gasteiger partial charge in [0.25, 0.3) is 0 Å². The molecule has 348 valence electrons. The maximum absolute atomic E-state index is 13.4. The molecule has 0 spiro atoms. The smallest absolute Gasteiger partial charge is 0.334 e. The molecule has 0 aromatic rings. The summed E-state index contributed by atoms with van der Waals surface area (Å²) >= 11 is 0. The summed E-state index contributed by atoms with van der Waals surface area (Å²) in [7, 11) is -2.51. The number of ether oxygens (including phenoxy) is 7. The molecule has 0 fully saturated rings. The number of rotatable bonds is 37. The van der Waals surface area contributed by atoms with Crippen LogP contribution in [0.15, 0.2) is 75.4 Å². The zero-order chi connectivity index (χ0) is 47.0. The van der Waals surface area contributed by atoms with Gasteiger partial charge in [0.15, 0.2) is 0 Å². The molecule has 0 saturated heterocycles. The maximum Gasteiger partial charge on any atom is 0.334 e. The fraction of sp³-hybridized carbons (Fsp3) is 0.568. The first-order chi connectivity index (χ1) is 29.4. The zero-order valence-corrected chi connectivity index (χ0v) is 38.0. The molecular formula is C44H67NO16Si. The summed E-state index contributed by atoms with van der Waals surface area (Å²) in [6.45, 7) is 27.5. The molecular weight excluding hydrogens is 827 g/mol. The molecule has 17 nitrogen and oxygen atoms in total. The van der Waals surface area contributed by atoms with Gasteiger partial charge in [-0.2, -0.15) is 0 Å². The highest BCUT2D eigenvalue weighted by Gasteiger charge is 2.38. The van der Waals surface area contributed by atoms with Crippen molar-refractivity contribution in [3.63, 3.8) is 0 Å². The molecule has 0 aliphatic rings. The van der Waals surface area contributed by atoms with E-state index in [1.165, 1.54) is 0 Å². The van der Waals surface area contributed by atoms with E-state index in [1.54, 1.807) is 13.0 Å². The van der Waals surface area contributed by atoms with Crippen LogP contribution in [-0.2, 0) is 75.6 Å². The zero-order valence-electron chi connectivity index (χ0n) is 37.0. The Balaban J connectivity index is 6.26. The van der Waals surface area contributed by atoms with E-state index >= 15 is 0 Å². The largest absolute Gasteiger partial charge is 0.465 e. The second-order valence-electron chi connectivity index (χ2n) is 14.4. The van der Waals surface area contributed by atoms with Crippen LogP contribution in [0, 0.1) is 10.8 Å². The summed E-state index contributed by atoms with van der Waals surface area (Å²) in [4.78, 5) is 88.7. The van der Waals surface area contributed by atoms with Gasteiger partial charge in [-0.25, -0.2) is 19.2 Å². The molecule has 0 aliphatic heterocycles. The van der Waals surface area contributed by atoms with Gasteiger partial charge in [-0.3, -0.25) is 14.4 Å². The third-order valence-electron chi connectivity index (χ3n) is 9.19. The Morgan fingerprint density at radius 1 is 0.516 bits per heavy atom. The Morgan fingerprint density at radius 2 is 0.887 bits per heavy atom. The quantitative estimate of drug-likeness (QED) is 0.0263. The van der Waals surface area contributed by atoms with E-state index in [1.807, 2.05) is 25.3 Å². The number of nitrogens with zero attached hydrogens (tertiary/aromatic N) is 1. The highest BCUT2D eigenvalue weighted by atomic mass is 28.4. The highest BCUT2D eigenvalue weighted by molar-refractivity contribution is 6.66. The molecule has 0 radical (unpaired) electrons. The first-order valence-corrected chi connectivity index (χ1v) is 22.9. The number of hydrogen-bond donors (Lipinski definition) is 0. The molecule has 0 aromatic heterocycles. The third-order valence-corrected chi connectivity index (χ3v) is 12.3. The van der Waals surface area contributed by atoms with E-state index in [0.717, 1.165) is 24.3 Å². The second-order valence-corrected chi connectivity index (χ2v) is 17.7. The van der Waals surface area contributed by atoms with Gasteiger partial charge in [-0.05, 0) is 52.2 Å². The minimum atomic E-state index is -2.51. The van der Waals surface area contributed by atoms with Crippen LogP contribution < -0.4 is 0 Å². The molecule has 0 aromatic carbocycles. The molecule has 0 heterocycles. The molecule has 0 amide bonds. The highest BCUT2D eigenvalue weighted by Crippen LogP contribution is 2.29. The third kappa shape index (κ3) is 24.9. The molecule has 18 heteroatoms. The Morgan fingerprint density at radius 3 is 1.26 bits per heavy atom. The van der Waals surface area contributed by atoms with Crippen LogP contribution in [-0.4, -0.2) is 134 Å². The van der Waals surface area contributed by atoms with Crippen molar-refractivity contribution < 1.29 is 75.6 Å². The van der Waals surface area contributed by atoms with Crippen molar-refractivity contribution in [3.05, 3.63) is 75.4 Å². The monoisotopic (exact) mass is 893 g/mol. The predicted octanol–water partition coefficient (Wildman–Crippen LogP) is 5.06. The summed E-state index contributed by atoms with van der Waals surface area (Å²) in [5, 5.41) is 0. The first kappa shape index (κ1) is 56.8. The topological polar surface area (TPSA) is 206 Å². The van der Waals surface area contributed by atoms with Crippen LogP contribution in [0.4, 0.5) is 0 Å². The molecule has 1 unspecified atom stereocenters. The van der Waals surface area contributed by atoms with Crippen molar-refractivity contribution in [2.24, 2.45) is 10.8 Å². The Kier molecular flexibility index (Phi) is 29.0. The van der Waals surface area contributed by atoms with Crippen molar-refractivity contribution in [1.82, 2.24) is 4.90 Å². The van der Waals surface area contributed by atoms with Crippen LogP contribution in [0.2, 0.25) is 12.6 Å². The predicted molar refractivity (Wildman–Crippen MR) is 231 cm³/mol. The molecule has 0 saturated carbocycles. The summed E-state index contributed by atoms with van der Waals surface area (Å²) < 4.78 is 49.7. The van der Waals surface area contributed by atoms with Crippen molar-refractivity contribution in [3.8, 4) is 0 Å². The van der Waals surface area contributed by atoms with Gasteiger partial charge >= 0.3 is 50.3 Å². The Hall–Kier alpha value is -5.17. The van der Waals surface area contributed by atoms with Gasteiger partial charge in [0.05, 0.1) is 18.3 Å². The lowest BCUT2D eigenvalue weighted by molar-refractivity contribution is -0.167. The van der Waals surface area contributed by atoms with Crippen molar-refractivity contribution in [2.75, 3.05) is 79.1 Å². The van der Waals surface area contributed by atoms with E-state index in [-0.39, 0.29) is 58.6 Å². The van der Waals surface area contributed by atoms with E-state index in [9.17, 15) is 33.6 Å². The Labute approximate surface area is 367 Å². The van der Waals surface area contributed by atoms with Crippen LogP contribution in [0.5, 0.6) is 0 Å². The van der Waals surface area contributed by atoms with E-state index in [0.29, 0.717) is 44.2 Å². The summed E-state index contributed by atoms with van der Waals surface area (Å²) in [6.07, 6.45) is 6.36. The fourth-order valence-corrected chi connectivity index (χ4v) is 7.85. The standard InChI is InChI=1S/C44H67NO16Si/c1-11-35(9)20-23-43(28-53-36(46)12-2,29-54-37(47)13-3)30-58-41(51)21-25-45(24-19-27-62(10,60-17-7)61-18-8)26-22-42(52)59-34-44(31-55-38(48)14-4,32-56-39(49)15-5)33-57-40(50)16-6/h11-12,14-16H,1-2,4-6,9,13,17-34H2,3,7-8,10H3. The average Bonchev–Trinajstić information content (AvgIpc) is 3.27. The molecule has 0 N–H and O–H groups in total. The van der Waals surface area contributed by atoms with Crippen molar-refractivity contribution in [1.29, 1.82) is 0 Å². The normalized spacial score (nSPS) is 12.1. The van der Waals surface area contributed by atoms with E-state index in [2.05, 4.69) is 39.5 Å². The van der Waals surface area contributed by atoms with Gasteiger partial charge in [0.2, 0.25) is 0 Å². The van der Waals surface area contributed by atoms with Crippen LogP contribution in [0.25, 0.3) is 0 Å². The molecule has 1 atom stereocenters. The number of carbonyl (C=O) groups excluding carboxylic acids is 7. The summed E-state index contributed by atoms with van der Waals surface area (Å²) in [5.41, 5.74) is -1.96. The lowest BCUT2D eigenvalue weighted by Crippen LogP contribution is -2.44. The number of esters is 7. The minimum absolute atomic E-state index is 0.101. The van der Waals surface area contributed by atoms with Gasteiger partial charge in [0, 0.05) is 57.0 Å². The Bertz CT molecular complexity index is 1450. The summed E-state index contributed by atoms with van der Waals surface area (Å²) in [5.74, 6) is -4.98. The summed E-state index contributed by atoms with van der Waals surface area (Å²) in [6, 6.07) is 0.622. The van der Waals surface area contributed by atoms with Crippen LogP contribution in [0.1, 0.15) is 59.3 Å². The fourth-order valence-electron chi connectivity index (χ4n) is 5.45. The number of hydrogen-bond acceptors (Lipinski definition) is 17. The molecule has 62 heavy (non-hydrogen) atoms. The van der Waals surface area contributed by atoms with Gasteiger partial charge in [-0.15, -0.1) is 0 Å². The average molecular weight is 894 g/mol. The number of carbonyl (C=O) groups is 7. The molecule has 0 aliphatic carbocycles. The van der Waals surface area contributed by atoms with E-state index < -0.39 is 87.6 Å². The van der Waals surface area contributed by atoms with Crippen LogP contribution >= 0.6 is 0 Å². The molecule has 0 bridgehead atoms.